The first-order valence-electron chi connectivity index (χ1n) is 13.2. The lowest BCUT2D eigenvalue weighted by molar-refractivity contribution is -0.152. The summed E-state index contributed by atoms with van der Waals surface area (Å²) in [4.78, 5) is 43.2. The van der Waals surface area contributed by atoms with Gasteiger partial charge in [-0.1, -0.05) is 42.5 Å². The topological polar surface area (TPSA) is 123 Å². The van der Waals surface area contributed by atoms with E-state index in [1.807, 2.05) is 0 Å². The molecule has 1 fully saturated rings. The summed E-state index contributed by atoms with van der Waals surface area (Å²) in [5.41, 5.74) is 6.74. The van der Waals surface area contributed by atoms with Crippen LogP contribution in [-0.4, -0.2) is 48.1 Å². The molecular formula is C28H28F6N4O4. The molecule has 14 heteroatoms. The lowest BCUT2D eigenvalue weighted by Crippen LogP contribution is -2.48. The molecule has 1 aliphatic heterocycles. The number of primary amides is 1. The molecule has 0 spiro atoms. The van der Waals surface area contributed by atoms with Crippen LogP contribution < -0.4 is 21.1 Å². The number of nitrogens with zero attached hydrogens (tertiary/aromatic N) is 1. The SMILES string of the molecule is NC(=O)[C@H](CCC(F)(F)F)[C@H](CCC(F)(F)F)C(=O)N[C@H]1N=C(c2ccccc2)c2cccc(OC3CC3)c2NC1=O. The molecule has 1 saturated carbocycles. The summed E-state index contributed by atoms with van der Waals surface area (Å²) in [5.74, 6) is -6.94. The maximum atomic E-state index is 13.4. The highest BCUT2D eigenvalue weighted by Gasteiger charge is 2.41. The molecule has 4 N–H and O–H groups in total. The summed E-state index contributed by atoms with van der Waals surface area (Å²) in [5, 5.41) is 4.91. The summed E-state index contributed by atoms with van der Waals surface area (Å²) >= 11 is 0. The van der Waals surface area contributed by atoms with E-state index in [1.54, 1.807) is 48.5 Å². The van der Waals surface area contributed by atoms with E-state index >= 15 is 0 Å². The molecule has 0 saturated heterocycles. The number of carbonyl (C=O) groups excluding carboxylic acids is 3. The van der Waals surface area contributed by atoms with Gasteiger partial charge in [-0.15, -0.1) is 0 Å². The second-order valence-corrected chi connectivity index (χ2v) is 10.2. The molecule has 1 heterocycles. The molecule has 2 aromatic rings. The van der Waals surface area contributed by atoms with E-state index < -0.39 is 73.8 Å². The van der Waals surface area contributed by atoms with Gasteiger partial charge in [0.15, 0.2) is 0 Å². The molecule has 3 amide bonds. The highest BCUT2D eigenvalue weighted by Crippen LogP contribution is 2.37. The van der Waals surface area contributed by atoms with E-state index in [0.29, 0.717) is 16.9 Å². The van der Waals surface area contributed by atoms with Crippen molar-refractivity contribution in [1.82, 2.24) is 5.32 Å². The first-order valence-corrected chi connectivity index (χ1v) is 13.2. The van der Waals surface area contributed by atoms with E-state index in [0.717, 1.165) is 12.8 Å². The minimum absolute atomic E-state index is 0.0407. The van der Waals surface area contributed by atoms with Crippen molar-refractivity contribution >= 4 is 29.1 Å². The maximum absolute atomic E-state index is 13.4. The van der Waals surface area contributed by atoms with Crippen molar-refractivity contribution in [1.29, 1.82) is 0 Å². The number of ether oxygens (including phenoxy) is 1. The molecule has 8 nitrogen and oxygen atoms in total. The number of carbonyl (C=O) groups is 3. The second-order valence-electron chi connectivity index (χ2n) is 10.2. The second kappa shape index (κ2) is 12.4. The zero-order valence-corrected chi connectivity index (χ0v) is 22.1. The Balaban J connectivity index is 1.69. The minimum Gasteiger partial charge on any atom is -0.488 e. The number of nitrogens with two attached hydrogens (primary N) is 1. The first kappa shape index (κ1) is 30.8. The molecule has 226 valence electrons. The molecule has 3 atom stereocenters. The van der Waals surface area contributed by atoms with Crippen molar-refractivity contribution in [3.63, 3.8) is 0 Å². The number of benzene rings is 2. The number of fused-ring (bicyclic) bond motifs is 1. The molecule has 4 rings (SSSR count). The third kappa shape index (κ3) is 8.23. The molecule has 2 aliphatic rings. The van der Waals surface area contributed by atoms with Gasteiger partial charge < -0.3 is 21.1 Å². The summed E-state index contributed by atoms with van der Waals surface area (Å²) < 4.78 is 84.0. The number of benzodiazepines with no additional fused rings is 1. The van der Waals surface area contributed by atoms with Gasteiger partial charge in [0.1, 0.15) is 5.75 Å². The van der Waals surface area contributed by atoms with Crippen molar-refractivity contribution in [3.8, 4) is 5.75 Å². The number of amides is 3. The Hall–Kier alpha value is -4.10. The number of alkyl halides is 6. The third-order valence-corrected chi connectivity index (χ3v) is 6.85. The highest BCUT2D eigenvalue weighted by molar-refractivity contribution is 6.20. The highest BCUT2D eigenvalue weighted by atomic mass is 19.4. The smallest absolute Gasteiger partial charge is 0.389 e. The molecule has 0 bridgehead atoms. The largest absolute Gasteiger partial charge is 0.488 e. The van der Waals surface area contributed by atoms with Crippen LogP contribution in [-0.2, 0) is 14.4 Å². The number of aliphatic imine (C=N–C) groups is 1. The Bertz CT molecular complexity index is 1340. The van der Waals surface area contributed by atoms with Crippen molar-refractivity contribution in [2.24, 2.45) is 22.6 Å². The molecule has 0 aromatic heterocycles. The van der Waals surface area contributed by atoms with Crippen molar-refractivity contribution in [3.05, 3.63) is 59.7 Å². The van der Waals surface area contributed by atoms with Crippen LogP contribution in [0.2, 0.25) is 0 Å². The van der Waals surface area contributed by atoms with Gasteiger partial charge in [-0.3, -0.25) is 14.4 Å². The summed E-state index contributed by atoms with van der Waals surface area (Å²) in [6.45, 7) is 0. The Morgan fingerprint density at radius 2 is 1.57 bits per heavy atom. The number of hydrogen-bond acceptors (Lipinski definition) is 5. The van der Waals surface area contributed by atoms with E-state index in [1.165, 1.54) is 0 Å². The van der Waals surface area contributed by atoms with Gasteiger partial charge in [0, 0.05) is 35.8 Å². The van der Waals surface area contributed by atoms with Crippen LogP contribution in [0.4, 0.5) is 32.0 Å². The molecule has 42 heavy (non-hydrogen) atoms. The lowest BCUT2D eigenvalue weighted by atomic mass is 9.83. The molecular weight excluding hydrogens is 570 g/mol. The fraction of sp³-hybridized carbons (Fsp3) is 0.429. The number of para-hydroxylation sites is 1. The van der Waals surface area contributed by atoms with Crippen LogP contribution in [0.1, 0.15) is 49.7 Å². The minimum atomic E-state index is -4.78. The van der Waals surface area contributed by atoms with Gasteiger partial charge in [-0.25, -0.2) is 4.99 Å². The van der Waals surface area contributed by atoms with E-state index in [9.17, 15) is 40.7 Å². The Labute approximate surface area is 236 Å². The molecule has 2 aromatic carbocycles. The number of hydrogen-bond donors (Lipinski definition) is 3. The quantitative estimate of drug-likeness (QED) is 0.320. The summed E-state index contributed by atoms with van der Waals surface area (Å²) in [7, 11) is 0. The van der Waals surface area contributed by atoms with Crippen molar-refractivity contribution in [2.75, 3.05) is 5.32 Å². The summed E-state index contributed by atoms with van der Waals surface area (Å²) in [6.07, 6.45) is -14.8. The average molecular weight is 599 g/mol. The predicted octanol–water partition coefficient (Wildman–Crippen LogP) is 4.86. The number of rotatable bonds is 11. The fourth-order valence-corrected chi connectivity index (χ4v) is 4.63. The van der Waals surface area contributed by atoms with Crippen LogP contribution in [0, 0.1) is 11.8 Å². The first-order chi connectivity index (χ1) is 19.7. The normalized spacial score (nSPS) is 18.6. The van der Waals surface area contributed by atoms with E-state index in [2.05, 4.69) is 15.6 Å². The van der Waals surface area contributed by atoms with Gasteiger partial charge in [0.25, 0.3) is 5.91 Å². The zero-order valence-electron chi connectivity index (χ0n) is 22.1. The van der Waals surface area contributed by atoms with Gasteiger partial charge in [-0.2, -0.15) is 26.3 Å². The molecule has 0 unspecified atom stereocenters. The maximum Gasteiger partial charge on any atom is 0.389 e. The van der Waals surface area contributed by atoms with E-state index in [-0.39, 0.29) is 17.5 Å². The number of nitrogens with one attached hydrogen (secondary N) is 2. The van der Waals surface area contributed by atoms with Crippen LogP contribution in [0.15, 0.2) is 53.5 Å². The average Bonchev–Trinajstić information content (AvgIpc) is 3.73. The fourth-order valence-electron chi connectivity index (χ4n) is 4.63. The van der Waals surface area contributed by atoms with Crippen LogP contribution >= 0.6 is 0 Å². The molecule has 1 aliphatic carbocycles. The van der Waals surface area contributed by atoms with Crippen molar-refractivity contribution in [2.45, 2.75) is 63.1 Å². The van der Waals surface area contributed by atoms with E-state index in [4.69, 9.17) is 10.5 Å². The van der Waals surface area contributed by atoms with Crippen LogP contribution in [0.3, 0.4) is 0 Å². The number of halogens is 6. The molecule has 0 radical (unpaired) electrons. The van der Waals surface area contributed by atoms with Gasteiger partial charge in [0.2, 0.25) is 18.0 Å². The Morgan fingerprint density at radius 1 is 0.952 bits per heavy atom. The summed E-state index contributed by atoms with van der Waals surface area (Å²) in [6, 6.07) is 13.5. The predicted molar refractivity (Wildman–Crippen MR) is 139 cm³/mol. The number of anilines is 1. The van der Waals surface area contributed by atoms with Crippen LogP contribution in [0.5, 0.6) is 5.75 Å². The van der Waals surface area contributed by atoms with Gasteiger partial charge in [0.05, 0.1) is 17.5 Å². The zero-order chi connectivity index (χ0) is 30.7. The van der Waals surface area contributed by atoms with Gasteiger partial charge >= 0.3 is 12.4 Å². The standard InChI is InChI=1S/C28H28F6N4O4/c29-27(30,31)13-11-17(23(35)39)18(12-14-28(32,33)34)25(40)38-24-26(41)37-22-19(7-4-8-20(22)42-16-9-10-16)21(36-24)15-5-2-1-3-6-15/h1-8,16-18,24H,9-14H2,(H2,35,39)(H,37,41)(H,38,40)/t17-,18+,24-/m1/s1. The van der Waals surface area contributed by atoms with Crippen molar-refractivity contribution < 1.29 is 45.5 Å². The lowest BCUT2D eigenvalue weighted by Gasteiger charge is -2.26. The van der Waals surface area contributed by atoms with Crippen LogP contribution in [0.25, 0.3) is 0 Å². The Kier molecular flexibility index (Phi) is 9.12. The Morgan fingerprint density at radius 3 is 2.14 bits per heavy atom. The third-order valence-electron chi connectivity index (χ3n) is 6.85. The monoisotopic (exact) mass is 598 g/mol. The van der Waals surface area contributed by atoms with Gasteiger partial charge in [-0.05, 0) is 31.7 Å².